The number of hydrogen-bond donors (Lipinski definition) is 3. The fourth-order valence-corrected chi connectivity index (χ4v) is 5.20. The van der Waals surface area contributed by atoms with Crippen LogP contribution in [0.5, 0.6) is 5.75 Å². The number of carboxylic acid groups (broad SMARTS) is 1. The first-order valence-corrected chi connectivity index (χ1v) is 11.8. The van der Waals surface area contributed by atoms with Crippen molar-refractivity contribution in [3.05, 3.63) is 87.9 Å². The molecule has 0 radical (unpaired) electrons. The van der Waals surface area contributed by atoms with Crippen molar-refractivity contribution in [1.82, 2.24) is 4.90 Å². The van der Waals surface area contributed by atoms with Crippen LogP contribution >= 0.6 is 11.6 Å². The lowest BCUT2D eigenvalue weighted by Crippen LogP contribution is -2.39. The maximum atomic E-state index is 11.4. The van der Waals surface area contributed by atoms with Crippen molar-refractivity contribution >= 4 is 17.6 Å². The highest BCUT2D eigenvalue weighted by Gasteiger charge is 2.39. The Morgan fingerprint density at radius 2 is 1.85 bits per heavy atom. The van der Waals surface area contributed by atoms with Gasteiger partial charge < -0.3 is 20.1 Å². The van der Waals surface area contributed by atoms with Crippen molar-refractivity contribution in [3.63, 3.8) is 0 Å². The van der Waals surface area contributed by atoms with E-state index >= 15 is 0 Å². The van der Waals surface area contributed by atoms with Crippen LogP contribution in [0.1, 0.15) is 52.5 Å². The number of hydrogen-bond acceptors (Lipinski definition) is 5. The Morgan fingerprint density at radius 3 is 2.62 bits per heavy atom. The first-order valence-electron chi connectivity index (χ1n) is 11.4. The van der Waals surface area contributed by atoms with Gasteiger partial charge in [-0.25, -0.2) is 4.79 Å². The van der Waals surface area contributed by atoms with E-state index < -0.39 is 12.2 Å². The van der Waals surface area contributed by atoms with E-state index in [2.05, 4.69) is 0 Å². The van der Waals surface area contributed by atoms with Gasteiger partial charge in [0.15, 0.2) is 0 Å². The molecular weight excluding hydrogens is 454 g/mol. The van der Waals surface area contributed by atoms with E-state index in [-0.39, 0.29) is 22.7 Å². The Bertz CT molecular complexity index is 1230. The molecule has 3 N–H and O–H groups in total. The largest absolute Gasteiger partial charge is 0.489 e. The molecule has 0 saturated heterocycles. The van der Waals surface area contributed by atoms with E-state index in [0.717, 1.165) is 47.1 Å². The maximum absolute atomic E-state index is 11.4. The molecule has 1 saturated carbocycles. The third-order valence-corrected chi connectivity index (χ3v) is 7.12. The first-order chi connectivity index (χ1) is 16.4. The van der Waals surface area contributed by atoms with Crippen molar-refractivity contribution in [2.75, 3.05) is 0 Å². The molecule has 0 amide bonds. The standard InChI is InChI=1S/C27H26ClNO5/c28-23-10-7-18(13-22(23)27(32)33)17-4-1-3-16(11-17)15-34-20-8-9-21-19(12-20)14-29(26(21)31)24-5-2-6-25(24)30/h1,3-4,7-13,24-26,30-31H,2,5-6,14-15H2,(H,32,33). The Labute approximate surface area is 203 Å². The predicted octanol–water partition coefficient (Wildman–Crippen LogP) is 5.00. The Kier molecular flexibility index (Phi) is 6.32. The minimum atomic E-state index is -1.06. The number of rotatable bonds is 6. The van der Waals surface area contributed by atoms with Gasteiger partial charge in [0, 0.05) is 18.2 Å². The summed E-state index contributed by atoms with van der Waals surface area (Å²) in [6.45, 7) is 0.938. The van der Waals surface area contributed by atoms with E-state index in [9.17, 15) is 20.1 Å². The van der Waals surface area contributed by atoms with Gasteiger partial charge in [-0.15, -0.1) is 0 Å². The molecule has 1 fully saturated rings. The second-order valence-electron chi connectivity index (χ2n) is 8.96. The number of fused-ring (bicyclic) bond motifs is 1. The normalized spacial score (nSPS) is 22.0. The summed E-state index contributed by atoms with van der Waals surface area (Å²) in [6.07, 6.45) is 1.57. The lowest BCUT2D eigenvalue weighted by molar-refractivity contribution is -0.0468. The minimum absolute atomic E-state index is 0.0102. The van der Waals surface area contributed by atoms with Crippen LogP contribution in [0.15, 0.2) is 60.7 Å². The van der Waals surface area contributed by atoms with Crippen LogP contribution in [-0.4, -0.2) is 38.3 Å². The molecule has 0 bridgehead atoms. The second kappa shape index (κ2) is 9.39. The average molecular weight is 480 g/mol. The molecule has 6 nitrogen and oxygen atoms in total. The topological polar surface area (TPSA) is 90.2 Å². The number of aliphatic hydroxyl groups excluding tert-OH is 2. The molecular formula is C27H26ClNO5. The van der Waals surface area contributed by atoms with Crippen LogP contribution in [0.4, 0.5) is 0 Å². The molecule has 1 heterocycles. The molecule has 176 valence electrons. The number of carboxylic acids is 1. The molecule has 3 aromatic rings. The summed E-state index contributed by atoms with van der Waals surface area (Å²) < 4.78 is 6.04. The molecule has 1 aliphatic heterocycles. The Balaban J connectivity index is 1.29. The monoisotopic (exact) mass is 479 g/mol. The van der Waals surface area contributed by atoms with Gasteiger partial charge in [-0.1, -0.05) is 41.9 Å². The molecule has 5 rings (SSSR count). The molecule has 3 aromatic carbocycles. The van der Waals surface area contributed by atoms with Crippen LogP contribution in [0.2, 0.25) is 5.02 Å². The highest BCUT2D eigenvalue weighted by Crippen LogP contribution is 2.39. The van der Waals surface area contributed by atoms with Gasteiger partial charge in [0.05, 0.1) is 16.7 Å². The van der Waals surface area contributed by atoms with Gasteiger partial charge in [0.25, 0.3) is 0 Å². The first kappa shape index (κ1) is 22.9. The molecule has 3 atom stereocenters. The van der Waals surface area contributed by atoms with Gasteiger partial charge in [-0.2, -0.15) is 0 Å². The molecule has 2 aliphatic rings. The van der Waals surface area contributed by atoms with Crippen LogP contribution in [0, 0.1) is 0 Å². The molecule has 0 spiro atoms. The van der Waals surface area contributed by atoms with E-state index in [4.69, 9.17) is 16.3 Å². The molecule has 7 heteroatoms. The van der Waals surface area contributed by atoms with Crippen LogP contribution in [0.3, 0.4) is 0 Å². The van der Waals surface area contributed by atoms with Gasteiger partial charge in [0.2, 0.25) is 0 Å². The number of nitrogens with zero attached hydrogens (tertiary/aromatic N) is 1. The van der Waals surface area contributed by atoms with Gasteiger partial charge >= 0.3 is 5.97 Å². The Hall–Kier alpha value is -2.90. The van der Waals surface area contributed by atoms with E-state index in [1.54, 1.807) is 18.2 Å². The summed E-state index contributed by atoms with van der Waals surface area (Å²) in [5.41, 5.74) is 4.54. The van der Waals surface area contributed by atoms with E-state index in [1.807, 2.05) is 47.4 Å². The highest BCUT2D eigenvalue weighted by molar-refractivity contribution is 6.33. The van der Waals surface area contributed by atoms with Crippen molar-refractivity contribution < 1.29 is 24.9 Å². The van der Waals surface area contributed by atoms with Gasteiger partial charge in [-0.3, -0.25) is 4.90 Å². The second-order valence-corrected chi connectivity index (χ2v) is 9.37. The van der Waals surface area contributed by atoms with Gasteiger partial charge in [-0.05, 0) is 71.8 Å². The van der Waals surface area contributed by atoms with E-state index in [0.29, 0.717) is 18.9 Å². The third kappa shape index (κ3) is 4.42. The summed E-state index contributed by atoms with van der Waals surface area (Å²) in [7, 11) is 0. The predicted molar refractivity (Wildman–Crippen MR) is 129 cm³/mol. The fourth-order valence-electron chi connectivity index (χ4n) is 5.00. The summed E-state index contributed by atoms with van der Waals surface area (Å²) >= 11 is 6.00. The number of benzene rings is 3. The minimum Gasteiger partial charge on any atom is -0.489 e. The van der Waals surface area contributed by atoms with E-state index in [1.165, 1.54) is 0 Å². The number of ether oxygens (including phenoxy) is 1. The lowest BCUT2D eigenvalue weighted by atomic mass is 10.0. The summed E-state index contributed by atoms with van der Waals surface area (Å²) in [5.74, 6) is -0.348. The SMILES string of the molecule is O=C(O)c1cc(-c2cccc(COc3ccc4c(c3)CN(C3CCCC3O)C4O)c2)ccc1Cl. The zero-order chi connectivity index (χ0) is 23.8. The van der Waals surface area contributed by atoms with Crippen molar-refractivity contribution in [1.29, 1.82) is 0 Å². The average Bonchev–Trinajstić information content (AvgIpc) is 3.40. The zero-order valence-corrected chi connectivity index (χ0v) is 19.3. The molecule has 1 aliphatic carbocycles. The van der Waals surface area contributed by atoms with Crippen LogP contribution < -0.4 is 4.74 Å². The van der Waals surface area contributed by atoms with Gasteiger partial charge in [0.1, 0.15) is 18.6 Å². The number of carbonyl (C=O) groups is 1. The summed E-state index contributed by atoms with van der Waals surface area (Å²) in [6, 6.07) is 18.4. The molecule has 34 heavy (non-hydrogen) atoms. The maximum Gasteiger partial charge on any atom is 0.337 e. The number of aromatic carboxylic acids is 1. The van der Waals surface area contributed by atoms with Crippen LogP contribution in [-0.2, 0) is 13.2 Å². The quantitative estimate of drug-likeness (QED) is 0.460. The van der Waals surface area contributed by atoms with Crippen LogP contribution in [0.25, 0.3) is 11.1 Å². The number of aliphatic hydroxyl groups is 2. The van der Waals surface area contributed by atoms with Crippen molar-refractivity contribution in [3.8, 4) is 16.9 Å². The smallest absolute Gasteiger partial charge is 0.337 e. The molecule has 0 aromatic heterocycles. The summed E-state index contributed by atoms with van der Waals surface area (Å²) in [4.78, 5) is 13.4. The fraction of sp³-hybridized carbons (Fsp3) is 0.296. The van der Waals surface area contributed by atoms with Crippen molar-refractivity contribution in [2.24, 2.45) is 0 Å². The zero-order valence-electron chi connectivity index (χ0n) is 18.5. The summed E-state index contributed by atoms with van der Waals surface area (Å²) in [5, 5.41) is 30.6. The van der Waals surface area contributed by atoms with Crippen molar-refractivity contribution in [2.45, 2.75) is 50.8 Å². The lowest BCUT2D eigenvalue weighted by Gasteiger charge is -2.29. The highest BCUT2D eigenvalue weighted by atomic mass is 35.5. The molecule has 3 unspecified atom stereocenters. The Morgan fingerprint density at radius 1 is 1.03 bits per heavy atom. The third-order valence-electron chi connectivity index (χ3n) is 6.79. The number of halogens is 1.